The summed E-state index contributed by atoms with van der Waals surface area (Å²) in [7, 11) is 0. The fraction of sp³-hybridized carbons (Fsp3) is 0. The zero-order valence-electron chi connectivity index (χ0n) is 4.76. The van der Waals surface area contributed by atoms with Gasteiger partial charge in [-0.25, -0.2) is 12.1 Å². The van der Waals surface area contributed by atoms with Gasteiger partial charge in [-0.3, -0.25) is 0 Å². The summed E-state index contributed by atoms with van der Waals surface area (Å²) in [5, 5.41) is 0. The van der Waals surface area contributed by atoms with Crippen molar-refractivity contribution in [2.75, 3.05) is 0 Å². The minimum absolute atomic E-state index is 0. The monoisotopic (exact) mass is 295 g/mol. The van der Waals surface area contributed by atoms with Crippen molar-refractivity contribution in [2.24, 2.45) is 0 Å². The number of halogens is 1. The van der Waals surface area contributed by atoms with Crippen molar-refractivity contribution in [3.63, 3.8) is 0 Å². The molecule has 0 radical (unpaired) electrons. The molecule has 0 aliphatic rings. The molecule has 0 aliphatic heterocycles. The fourth-order valence-electron chi connectivity index (χ4n) is 0.321. The molecule has 0 bridgehead atoms. The SMILES string of the molecule is [CH3-].[Cl-].[Hf].c1cc[cH-]c1. The summed E-state index contributed by atoms with van der Waals surface area (Å²) in [5.41, 5.74) is 0. The smallest absolute Gasteiger partial charge is 0 e. The Kier molecular flexibility index (Phi) is 20.7. The van der Waals surface area contributed by atoms with Crippen LogP contribution in [0.5, 0.6) is 0 Å². The quantitative estimate of drug-likeness (QED) is 0.419. The van der Waals surface area contributed by atoms with Crippen LogP contribution < -0.4 is 12.4 Å². The molecule has 0 spiro atoms. The minimum atomic E-state index is 0. The molecule has 46 valence electrons. The Morgan fingerprint density at radius 1 is 1.00 bits per heavy atom. The minimum Gasteiger partial charge on any atom is -1.00 e. The van der Waals surface area contributed by atoms with Gasteiger partial charge in [-0.15, -0.1) is 0 Å². The van der Waals surface area contributed by atoms with Crippen molar-refractivity contribution in [3.05, 3.63) is 37.8 Å². The van der Waals surface area contributed by atoms with Gasteiger partial charge in [-0.05, 0) is 0 Å². The van der Waals surface area contributed by atoms with Gasteiger partial charge in [0.2, 0.25) is 0 Å². The molecule has 0 saturated carbocycles. The maximum absolute atomic E-state index is 2.00. The van der Waals surface area contributed by atoms with Gasteiger partial charge in [0.25, 0.3) is 0 Å². The Bertz CT molecular complexity index is 65.0. The molecule has 0 N–H and O–H groups in total. The van der Waals surface area contributed by atoms with Crippen LogP contribution in [0.4, 0.5) is 0 Å². The first-order valence-electron chi connectivity index (χ1n) is 1.67. The van der Waals surface area contributed by atoms with Gasteiger partial charge in [0.1, 0.15) is 0 Å². The average molecular weight is 294 g/mol. The van der Waals surface area contributed by atoms with Gasteiger partial charge in [-0.1, -0.05) is 0 Å². The largest absolute Gasteiger partial charge is 1.00 e. The van der Waals surface area contributed by atoms with Crippen LogP contribution in [0, 0.1) is 7.43 Å². The first kappa shape index (κ1) is 15.8. The van der Waals surface area contributed by atoms with E-state index in [0.717, 1.165) is 0 Å². The second-order valence-electron chi connectivity index (χ2n) is 0.962. The molecule has 0 atom stereocenters. The van der Waals surface area contributed by atoms with Crippen molar-refractivity contribution < 1.29 is 38.3 Å². The molecule has 1 aromatic rings. The molecule has 0 heterocycles. The van der Waals surface area contributed by atoms with E-state index < -0.39 is 0 Å². The van der Waals surface area contributed by atoms with Crippen LogP contribution in [0.25, 0.3) is 0 Å². The van der Waals surface area contributed by atoms with E-state index in [1.165, 1.54) is 0 Å². The van der Waals surface area contributed by atoms with Crippen LogP contribution in [-0.2, 0) is 25.8 Å². The standard InChI is InChI=1S/C5H5.CH3.ClH.Hf/c1-2-4-5-3-1;;;/h1-5H;1H3;1H;/q2*-1;;/p-1. The maximum atomic E-state index is 2.00. The summed E-state index contributed by atoms with van der Waals surface area (Å²) in [6, 6.07) is 10.0. The van der Waals surface area contributed by atoms with Crippen LogP contribution in [0.3, 0.4) is 0 Å². The number of hydrogen-bond donors (Lipinski definition) is 0. The van der Waals surface area contributed by atoms with E-state index in [-0.39, 0.29) is 45.7 Å². The van der Waals surface area contributed by atoms with E-state index in [1.54, 1.807) is 0 Å². The third-order valence-corrected chi connectivity index (χ3v) is 0.556. The van der Waals surface area contributed by atoms with Gasteiger partial charge >= 0.3 is 0 Å². The molecule has 0 unspecified atom stereocenters. The topological polar surface area (TPSA) is 0 Å². The second kappa shape index (κ2) is 10.5. The van der Waals surface area contributed by atoms with E-state index >= 15 is 0 Å². The van der Waals surface area contributed by atoms with Gasteiger partial charge in [0, 0.05) is 25.8 Å². The molecule has 1 aromatic carbocycles. The van der Waals surface area contributed by atoms with Crippen molar-refractivity contribution in [2.45, 2.75) is 0 Å². The van der Waals surface area contributed by atoms with Gasteiger partial charge in [-0.2, -0.15) is 18.2 Å². The molecule has 1 rings (SSSR count). The first-order chi connectivity index (χ1) is 2.50. The summed E-state index contributed by atoms with van der Waals surface area (Å²) >= 11 is 0. The Hall–Kier alpha value is 0.510. The van der Waals surface area contributed by atoms with Gasteiger partial charge < -0.3 is 19.8 Å². The summed E-state index contributed by atoms with van der Waals surface area (Å²) in [5.74, 6) is 0. The predicted molar refractivity (Wildman–Crippen MR) is 28.4 cm³/mol. The Labute approximate surface area is 75.9 Å². The first-order valence-corrected chi connectivity index (χ1v) is 1.67. The average Bonchev–Trinajstić information content (AvgIpc) is 1.76. The van der Waals surface area contributed by atoms with Gasteiger partial charge in [0.15, 0.2) is 0 Å². The van der Waals surface area contributed by atoms with E-state index in [2.05, 4.69) is 0 Å². The Balaban J connectivity index is -0.0000000833. The molecular formula is C6H8ClHf-3. The van der Waals surface area contributed by atoms with Crippen molar-refractivity contribution in [1.82, 2.24) is 0 Å². The van der Waals surface area contributed by atoms with Gasteiger partial charge in [0.05, 0.1) is 0 Å². The molecule has 0 nitrogen and oxygen atoms in total. The van der Waals surface area contributed by atoms with E-state index in [4.69, 9.17) is 0 Å². The molecule has 0 aliphatic carbocycles. The summed E-state index contributed by atoms with van der Waals surface area (Å²) in [4.78, 5) is 0. The van der Waals surface area contributed by atoms with Crippen molar-refractivity contribution in [1.29, 1.82) is 0 Å². The molecule has 0 aromatic heterocycles. The number of hydrogen-bond acceptors (Lipinski definition) is 0. The predicted octanol–water partition coefficient (Wildman–Crippen LogP) is -1.14. The normalized spacial score (nSPS) is 5.00. The van der Waals surface area contributed by atoms with Crippen LogP contribution >= 0.6 is 0 Å². The van der Waals surface area contributed by atoms with Crippen LogP contribution in [0.15, 0.2) is 30.3 Å². The zero-order chi connectivity index (χ0) is 3.54. The third-order valence-electron chi connectivity index (χ3n) is 0.556. The van der Waals surface area contributed by atoms with E-state index in [9.17, 15) is 0 Å². The third kappa shape index (κ3) is 6.51. The summed E-state index contributed by atoms with van der Waals surface area (Å²) in [6.45, 7) is 0. The van der Waals surface area contributed by atoms with E-state index in [1.807, 2.05) is 30.3 Å². The molecule has 0 fully saturated rings. The summed E-state index contributed by atoms with van der Waals surface area (Å²) < 4.78 is 0. The Morgan fingerprint density at radius 2 is 1.38 bits per heavy atom. The molecule has 2 heteroatoms. The second-order valence-corrected chi connectivity index (χ2v) is 0.962. The molecule has 8 heavy (non-hydrogen) atoms. The molecule has 0 amide bonds. The van der Waals surface area contributed by atoms with Crippen LogP contribution in [-0.4, -0.2) is 0 Å². The van der Waals surface area contributed by atoms with Crippen molar-refractivity contribution in [3.8, 4) is 0 Å². The zero-order valence-corrected chi connectivity index (χ0v) is 9.11. The fourth-order valence-corrected chi connectivity index (χ4v) is 0.321. The molecular weight excluding hydrogens is 286 g/mol. The number of rotatable bonds is 0. The van der Waals surface area contributed by atoms with Crippen LogP contribution in [0.1, 0.15) is 0 Å². The maximum Gasteiger partial charge on any atom is 0 e. The molecule has 0 saturated heterocycles. The Morgan fingerprint density at radius 3 is 1.50 bits per heavy atom. The van der Waals surface area contributed by atoms with Crippen molar-refractivity contribution >= 4 is 0 Å². The summed E-state index contributed by atoms with van der Waals surface area (Å²) in [6.07, 6.45) is 0. The van der Waals surface area contributed by atoms with Crippen LogP contribution in [0.2, 0.25) is 0 Å². The van der Waals surface area contributed by atoms with E-state index in [0.29, 0.717) is 0 Å².